The molecule has 0 atom stereocenters. The van der Waals surface area contributed by atoms with Gasteiger partial charge in [0.05, 0.1) is 30.4 Å². The molecule has 0 bridgehead atoms. The molecule has 0 unspecified atom stereocenters. The van der Waals surface area contributed by atoms with Crippen LogP contribution in [0.5, 0.6) is 0 Å². The fraction of sp³-hybridized carbons (Fsp3) is 0.500. The van der Waals surface area contributed by atoms with E-state index in [-0.39, 0.29) is 11.7 Å². The zero-order chi connectivity index (χ0) is 24.1. The van der Waals surface area contributed by atoms with E-state index in [1.165, 1.54) is 17.5 Å². The highest BCUT2D eigenvalue weighted by molar-refractivity contribution is 7.17. The summed E-state index contributed by atoms with van der Waals surface area (Å²) in [6.07, 6.45) is 4.88. The van der Waals surface area contributed by atoms with Gasteiger partial charge in [-0.15, -0.1) is 11.3 Å². The number of esters is 2. The maximum Gasteiger partial charge on any atom is 0.341 e. The standard InChI is InChI=1S/C24H29N3O6S/c1-15(2)33-24(30)21-17-5-3-4-6-18(17)34-22(21)26-20(28)14-32-23(29)16-7-8-19(25-13-16)27-9-11-31-12-10-27/h7-8,13,15H,3-6,9-12,14H2,1-2H3,(H,26,28). The minimum atomic E-state index is -0.638. The number of ether oxygens (including phenoxy) is 3. The van der Waals surface area contributed by atoms with Crippen LogP contribution < -0.4 is 10.2 Å². The molecule has 1 amide bonds. The number of carbonyl (C=O) groups excluding carboxylic acids is 3. The number of rotatable bonds is 7. The number of carbonyl (C=O) groups is 3. The summed E-state index contributed by atoms with van der Waals surface area (Å²) in [5.41, 5.74) is 1.65. The predicted octanol–water partition coefficient (Wildman–Crippen LogP) is 3.22. The summed E-state index contributed by atoms with van der Waals surface area (Å²) in [6.45, 7) is 5.89. The number of anilines is 2. The lowest BCUT2D eigenvalue weighted by molar-refractivity contribution is -0.119. The zero-order valence-electron chi connectivity index (χ0n) is 19.4. The molecule has 2 aromatic heterocycles. The van der Waals surface area contributed by atoms with Gasteiger partial charge in [-0.2, -0.15) is 0 Å². The van der Waals surface area contributed by atoms with Crippen LogP contribution >= 0.6 is 11.3 Å². The quantitative estimate of drug-likeness (QED) is 0.594. The molecular formula is C24H29N3O6S. The van der Waals surface area contributed by atoms with Crippen molar-refractivity contribution >= 4 is 40.0 Å². The predicted molar refractivity (Wildman–Crippen MR) is 128 cm³/mol. The molecule has 0 saturated carbocycles. The van der Waals surface area contributed by atoms with Crippen molar-refractivity contribution in [3.8, 4) is 0 Å². The molecule has 1 fully saturated rings. The normalized spacial score (nSPS) is 15.6. The van der Waals surface area contributed by atoms with Gasteiger partial charge in [-0.1, -0.05) is 0 Å². The summed E-state index contributed by atoms with van der Waals surface area (Å²) in [5.74, 6) is -0.822. The third kappa shape index (κ3) is 5.74. The second kappa shape index (κ2) is 11.0. The van der Waals surface area contributed by atoms with Crippen LogP contribution in [0, 0.1) is 0 Å². The van der Waals surface area contributed by atoms with E-state index in [0.29, 0.717) is 23.8 Å². The fourth-order valence-corrected chi connectivity index (χ4v) is 5.30. The molecule has 182 valence electrons. The van der Waals surface area contributed by atoms with Gasteiger partial charge in [0.25, 0.3) is 5.91 Å². The molecular weight excluding hydrogens is 458 g/mol. The largest absolute Gasteiger partial charge is 0.459 e. The van der Waals surface area contributed by atoms with Gasteiger partial charge < -0.3 is 24.4 Å². The van der Waals surface area contributed by atoms with E-state index in [0.717, 1.165) is 55.0 Å². The molecule has 1 saturated heterocycles. The van der Waals surface area contributed by atoms with Gasteiger partial charge in [-0.25, -0.2) is 14.6 Å². The molecule has 0 aromatic carbocycles. The van der Waals surface area contributed by atoms with Gasteiger partial charge in [-0.3, -0.25) is 4.79 Å². The van der Waals surface area contributed by atoms with E-state index >= 15 is 0 Å². The van der Waals surface area contributed by atoms with Crippen molar-refractivity contribution in [3.63, 3.8) is 0 Å². The van der Waals surface area contributed by atoms with Crippen LogP contribution in [0.25, 0.3) is 0 Å². The molecule has 2 aliphatic rings. The molecule has 34 heavy (non-hydrogen) atoms. The number of amides is 1. The smallest absolute Gasteiger partial charge is 0.341 e. The first kappa shape index (κ1) is 24.2. The molecule has 0 radical (unpaired) electrons. The number of hydrogen-bond acceptors (Lipinski definition) is 9. The molecule has 1 aliphatic carbocycles. The van der Waals surface area contributed by atoms with Crippen LogP contribution in [0.15, 0.2) is 18.3 Å². The highest BCUT2D eigenvalue weighted by Crippen LogP contribution is 2.38. The molecule has 9 nitrogen and oxygen atoms in total. The van der Waals surface area contributed by atoms with E-state index in [2.05, 4.69) is 15.2 Å². The Labute approximate surface area is 202 Å². The first-order valence-electron chi connectivity index (χ1n) is 11.5. The van der Waals surface area contributed by atoms with E-state index in [4.69, 9.17) is 14.2 Å². The first-order valence-corrected chi connectivity index (χ1v) is 12.3. The van der Waals surface area contributed by atoms with E-state index in [9.17, 15) is 14.4 Å². The van der Waals surface area contributed by atoms with Crippen LogP contribution in [0.3, 0.4) is 0 Å². The minimum Gasteiger partial charge on any atom is -0.459 e. The Kier molecular flexibility index (Phi) is 7.79. The number of aromatic nitrogens is 1. The lowest BCUT2D eigenvalue weighted by atomic mass is 9.95. The molecule has 0 spiro atoms. The number of thiophene rings is 1. The Balaban J connectivity index is 1.37. The van der Waals surface area contributed by atoms with Crippen LogP contribution in [0.1, 0.15) is 57.8 Å². The van der Waals surface area contributed by atoms with Gasteiger partial charge in [0.15, 0.2) is 6.61 Å². The maximum absolute atomic E-state index is 12.7. The van der Waals surface area contributed by atoms with Crippen LogP contribution in [-0.2, 0) is 31.8 Å². The van der Waals surface area contributed by atoms with Gasteiger partial charge in [0, 0.05) is 24.2 Å². The molecule has 2 aromatic rings. The summed E-state index contributed by atoms with van der Waals surface area (Å²) < 4.78 is 15.9. The average Bonchev–Trinajstić information content (AvgIpc) is 3.20. The number of hydrogen-bond donors (Lipinski definition) is 1. The zero-order valence-corrected chi connectivity index (χ0v) is 20.2. The first-order chi connectivity index (χ1) is 16.4. The van der Waals surface area contributed by atoms with Crippen molar-refractivity contribution in [1.82, 2.24) is 4.98 Å². The number of aryl methyl sites for hydroxylation is 1. The second-order valence-corrected chi connectivity index (χ2v) is 9.60. The van der Waals surface area contributed by atoms with Crippen molar-refractivity contribution in [1.29, 1.82) is 0 Å². The third-order valence-electron chi connectivity index (χ3n) is 5.62. The fourth-order valence-electron chi connectivity index (χ4n) is 4.01. The van der Waals surface area contributed by atoms with E-state index < -0.39 is 24.5 Å². The van der Waals surface area contributed by atoms with E-state index in [1.54, 1.807) is 26.0 Å². The van der Waals surface area contributed by atoms with Gasteiger partial charge in [0.1, 0.15) is 10.8 Å². The minimum absolute atomic E-state index is 0.262. The summed E-state index contributed by atoms with van der Waals surface area (Å²) in [6, 6.07) is 3.39. The number of nitrogens with one attached hydrogen (secondary N) is 1. The lowest BCUT2D eigenvalue weighted by Gasteiger charge is -2.27. The van der Waals surface area contributed by atoms with Crippen molar-refractivity contribution < 1.29 is 28.6 Å². The maximum atomic E-state index is 12.7. The Morgan fingerprint density at radius 2 is 1.91 bits per heavy atom. The van der Waals surface area contributed by atoms with Gasteiger partial charge >= 0.3 is 11.9 Å². The Morgan fingerprint density at radius 1 is 1.15 bits per heavy atom. The Morgan fingerprint density at radius 3 is 2.62 bits per heavy atom. The SMILES string of the molecule is CC(C)OC(=O)c1c(NC(=O)COC(=O)c2ccc(N3CCOCC3)nc2)sc2c1CCCC2. The number of morpholine rings is 1. The Hall–Kier alpha value is -2.98. The number of pyridine rings is 1. The molecule has 4 rings (SSSR count). The molecule has 3 heterocycles. The molecule has 10 heteroatoms. The molecule has 1 aliphatic heterocycles. The Bertz CT molecular complexity index is 1040. The van der Waals surface area contributed by atoms with Gasteiger partial charge in [0.2, 0.25) is 0 Å². The summed E-state index contributed by atoms with van der Waals surface area (Å²) in [4.78, 5) is 45.2. The number of fused-ring (bicyclic) bond motifs is 1. The highest BCUT2D eigenvalue weighted by Gasteiger charge is 2.28. The third-order valence-corrected chi connectivity index (χ3v) is 6.83. The highest BCUT2D eigenvalue weighted by atomic mass is 32.1. The summed E-state index contributed by atoms with van der Waals surface area (Å²) >= 11 is 1.39. The van der Waals surface area contributed by atoms with Crippen LogP contribution in [-0.4, -0.2) is 61.8 Å². The second-order valence-electron chi connectivity index (χ2n) is 8.50. The van der Waals surface area contributed by atoms with Crippen LogP contribution in [0.4, 0.5) is 10.8 Å². The monoisotopic (exact) mass is 487 g/mol. The van der Waals surface area contributed by atoms with Crippen molar-refractivity contribution in [3.05, 3.63) is 39.9 Å². The summed E-state index contributed by atoms with van der Waals surface area (Å²) in [5, 5.41) is 3.20. The topological polar surface area (TPSA) is 107 Å². The van der Waals surface area contributed by atoms with E-state index in [1.807, 2.05) is 0 Å². The van der Waals surface area contributed by atoms with Crippen molar-refractivity contribution in [2.75, 3.05) is 43.1 Å². The van der Waals surface area contributed by atoms with Crippen molar-refractivity contribution in [2.45, 2.75) is 45.6 Å². The summed E-state index contributed by atoms with van der Waals surface area (Å²) in [7, 11) is 0. The van der Waals surface area contributed by atoms with Gasteiger partial charge in [-0.05, 0) is 57.2 Å². The van der Waals surface area contributed by atoms with Crippen LogP contribution in [0.2, 0.25) is 0 Å². The molecule has 1 N–H and O–H groups in total. The van der Waals surface area contributed by atoms with Crippen molar-refractivity contribution in [2.24, 2.45) is 0 Å². The average molecular weight is 488 g/mol. The lowest BCUT2D eigenvalue weighted by Crippen LogP contribution is -2.36. The number of nitrogens with zero attached hydrogens (tertiary/aromatic N) is 2.